The molecule has 0 aliphatic carbocycles. The zero-order chi connectivity index (χ0) is 17.7. The average molecular weight is 327 g/mol. The van der Waals surface area contributed by atoms with E-state index in [4.69, 9.17) is 0 Å². The molecule has 1 aliphatic heterocycles. The number of nitrogens with zero attached hydrogens (tertiary/aromatic N) is 1. The van der Waals surface area contributed by atoms with Crippen LogP contribution in [0.2, 0.25) is 0 Å². The maximum Gasteiger partial charge on any atom is 0.217 e. The molecule has 0 bridgehead atoms. The van der Waals surface area contributed by atoms with Crippen molar-refractivity contribution in [2.45, 2.75) is 27.2 Å². The summed E-state index contributed by atoms with van der Waals surface area (Å²) in [4.78, 5) is 13.4. The average Bonchev–Trinajstić information content (AvgIpc) is 2.52. The molecule has 1 aliphatic rings. The molecular weight excluding hydrogens is 298 g/mol. The number of carbonyl (C=O) groups excluding carboxylic acids is 1. The van der Waals surface area contributed by atoms with Gasteiger partial charge in [0.25, 0.3) is 0 Å². The van der Waals surface area contributed by atoms with Gasteiger partial charge < -0.3 is 15.5 Å². The summed E-state index contributed by atoms with van der Waals surface area (Å²) in [6, 6.07) is 8.13. The standard InChI is InChI=1S/C20H29N3O/c1-14-10-15(2)13-23(12-14)17(4)19-8-6-7-9-20(19)22-16(3)11-21-18(5)24/h6-9,14-15,22H,3-4,10-13H2,1-2,5H3,(H,21,24)/t14-,15+. The summed E-state index contributed by atoms with van der Waals surface area (Å²) < 4.78 is 0. The molecule has 1 heterocycles. The number of benzene rings is 1. The minimum atomic E-state index is -0.0630. The number of para-hydroxylation sites is 1. The van der Waals surface area contributed by atoms with E-state index in [-0.39, 0.29) is 5.91 Å². The Bertz CT molecular complexity index is 613. The van der Waals surface area contributed by atoms with Gasteiger partial charge in [0.05, 0.1) is 6.54 Å². The maximum atomic E-state index is 11.0. The van der Waals surface area contributed by atoms with Gasteiger partial charge in [0, 0.05) is 42.7 Å². The fourth-order valence-corrected chi connectivity index (χ4v) is 3.36. The molecule has 4 nitrogen and oxygen atoms in total. The molecule has 24 heavy (non-hydrogen) atoms. The van der Waals surface area contributed by atoms with Gasteiger partial charge >= 0.3 is 0 Å². The van der Waals surface area contributed by atoms with Crippen molar-refractivity contribution in [3.8, 4) is 0 Å². The third-order valence-corrected chi connectivity index (χ3v) is 4.35. The van der Waals surface area contributed by atoms with Gasteiger partial charge in [-0.05, 0) is 24.3 Å². The van der Waals surface area contributed by atoms with Gasteiger partial charge in [0.1, 0.15) is 0 Å². The number of nitrogens with one attached hydrogen (secondary N) is 2. The van der Waals surface area contributed by atoms with Crippen LogP contribution in [0.1, 0.15) is 32.8 Å². The van der Waals surface area contributed by atoms with E-state index in [1.165, 1.54) is 13.3 Å². The van der Waals surface area contributed by atoms with Crippen LogP contribution in [-0.2, 0) is 4.79 Å². The zero-order valence-corrected chi connectivity index (χ0v) is 15.1. The number of carbonyl (C=O) groups is 1. The normalized spacial score (nSPS) is 20.4. The minimum Gasteiger partial charge on any atom is -0.371 e. The van der Waals surface area contributed by atoms with E-state index < -0.39 is 0 Å². The van der Waals surface area contributed by atoms with E-state index in [0.29, 0.717) is 18.4 Å². The lowest BCUT2D eigenvalue weighted by Gasteiger charge is -2.38. The summed E-state index contributed by atoms with van der Waals surface area (Å²) in [6.07, 6.45) is 1.27. The number of hydrogen-bond acceptors (Lipinski definition) is 3. The molecule has 0 aromatic heterocycles. The monoisotopic (exact) mass is 327 g/mol. The topological polar surface area (TPSA) is 44.4 Å². The molecule has 0 radical (unpaired) electrons. The molecule has 0 saturated carbocycles. The Labute approximate surface area is 145 Å². The molecule has 0 spiro atoms. The summed E-state index contributed by atoms with van der Waals surface area (Å²) in [6.45, 7) is 16.9. The lowest BCUT2D eigenvalue weighted by molar-refractivity contribution is -0.118. The Hall–Kier alpha value is -2.23. The summed E-state index contributed by atoms with van der Waals surface area (Å²) in [5.74, 6) is 1.30. The van der Waals surface area contributed by atoms with E-state index in [1.54, 1.807) is 0 Å². The van der Waals surface area contributed by atoms with Gasteiger partial charge in [-0.3, -0.25) is 4.79 Å². The Balaban J connectivity index is 2.11. The predicted octanol–water partition coefficient (Wildman–Crippen LogP) is 3.70. The summed E-state index contributed by atoms with van der Waals surface area (Å²) >= 11 is 0. The SMILES string of the molecule is C=C(CNC(C)=O)Nc1ccccc1C(=C)N1C[C@H](C)C[C@H](C)C1. The van der Waals surface area contributed by atoms with Gasteiger partial charge in [0.15, 0.2) is 0 Å². The molecule has 4 heteroatoms. The molecule has 2 rings (SSSR count). The predicted molar refractivity (Wildman–Crippen MR) is 101 cm³/mol. The number of hydrogen-bond donors (Lipinski definition) is 2. The van der Waals surface area contributed by atoms with Crippen molar-refractivity contribution in [1.29, 1.82) is 0 Å². The number of rotatable bonds is 6. The molecule has 1 amide bonds. The van der Waals surface area contributed by atoms with Crippen molar-refractivity contribution in [3.63, 3.8) is 0 Å². The van der Waals surface area contributed by atoms with E-state index >= 15 is 0 Å². The molecule has 1 aromatic carbocycles. The van der Waals surface area contributed by atoms with Crippen LogP contribution in [0, 0.1) is 11.8 Å². The highest BCUT2D eigenvalue weighted by molar-refractivity contribution is 5.76. The Morgan fingerprint density at radius 1 is 1.21 bits per heavy atom. The van der Waals surface area contributed by atoms with E-state index in [2.05, 4.69) is 48.6 Å². The second-order valence-electron chi connectivity index (χ2n) is 6.98. The highest BCUT2D eigenvalue weighted by Crippen LogP contribution is 2.31. The van der Waals surface area contributed by atoms with Gasteiger partial charge in [0.2, 0.25) is 5.91 Å². The second kappa shape index (κ2) is 8.04. The lowest BCUT2D eigenvalue weighted by atomic mass is 9.91. The molecule has 2 atom stereocenters. The summed E-state index contributed by atoms with van der Waals surface area (Å²) in [5, 5.41) is 6.07. The highest BCUT2D eigenvalue weighted by atomic mass is 16.1. The molecular formula is C20H29N3O. The van der Waals surface area contributed by atoms with Crippen LogP contribution in [0.4, 0.5) is 5.69 Å². The lowest BCUT2D eigenvalue weighted by Crippen LogP contribution is -2.37. The molecule has 130 valence electrons. The fourth-order valence-electron chi connectivity index (χ4n) is 3.36. The second-order valence-corrected chi connectivity index (χ2v) is 6.98. The molecule has 0 unspecified atom stereocenters. The maximum absolute atomic E-state index is 11.0. The third-order valence-electron chi connectivity index (χ3n) is 4.35. The van der Waals surface area contributed by atoms with E-state index in [9.17, 15) is 4.79 Å². The van der Waals surface area contributed by atoms with Crippen molar-refractivity contribution in [2.24, 2.45) is 11.8 Å². The van der Waals surface area contributed by atoms with Crippen molar-refractivity contribution in [2.75, 3.05) is 25.0 Å². The Morgan fingerprint density at radius 3 is 2.46 bits per heavy atom. The quantitative estimate of drug-likeness (QED) is 0.837. The molecule has 1 saturated heterocycles. The summed E-state index contributed by atoms with van der Waals surface area (Å²) in [7, 11) is 0. The molecule has 1 fully saturated rings. The first-order valence-corrected chi connectivity index (χ1v) is 8.59. The molecule has 2 N–H and O–H groups in total. The number of piperidine rings is 1. The van der Waals surface area contributed by atoms with Crippen LogP contribution >= 0.6 is 0 Å². The van der Waals surface area contributed by atoms with Gasteiger partial charge in [-0.15, -0.1) is 0 Å². The summed E-state index contributed by atoms with van der Waals surface area (Å²) in [5.41, 5.74) is 3.86. The minimum absolute atomic E-state index is 0.0630. The Kier molecular flexibility index (Phi) is 6.07. The zero-order valence-electron chi connectivity index (χ0n) is 15.1. The number of anilines is 1. The first-order chi connectivity index (χ1) is 11.4. The van der Waals surface area contributed by atoms with Crippen molar-refractivity contribution in [1.82, 2.24) is 10.2 Å². The van der Waals surface area contributed by atoms with Crippen molar-refractivity contribution in [3.05, 3.63) is 48.7 Å². The van der Waals surface area contributed by atoms with Crippen molar-refractivity contribution < 1.29 is 4.79 Å². The van der Waals surface area contributed by atoms with Gasteiger partial charge in [-0.2, -0.15) is 0 Å². The van der Waals surface area contributed by atoms with Crippen LogP contribution in [0.5, 0.6) is 0 Å². The van der Waals surface area contributed by atoms with Crippen LogP contribution in [0.3, 0.4) is 0 Å². The number of likely N-dealkylation sites (tertiary alicyclic amines) is 1. The fraction of sp³-hybridized carbons (Fsp3) is 0.450. The van der Waals surface area contributed by atoms with Gasteiger partial charge in [-0.1, -0.05) is 45.2 Å². The van der Waals surface area contributed by atoms with Crippen LogP contribution in [0.25, 0.3) is 5.70 Å². The van der Waals surface area contributed by atoms with Crippen LogP contribution in [-0.4, -0.2) is 30.4 Å². The number of amides is 1. The van der Waals surface area contributed by atoms with E-state index in [0.717, 1.165) is 35.7 Å². The largest absolute Gasteiger partial charge is 0.371 e. The first-order valence-electron chi connectivity index (χ1n) is 8.59. The molecule has 1 aromatic rings. The van der Waals surface area contributed by atoms with Crippen molar-refractivity contribution >= 4 is 17.3 Å². The Morgan fingerprint density at radius 2 is 1.83 bits per heavy atom. The van der Waals surface area contributed by atoms with Crippen LogP contribution in [0.15, 0.2) is 43.1 Å². The third kappa shape index (κ3) is 4.88. The van der Waals surface area contributed by atoms with Gasteiger partial charge in [-0.25, -0.2) is 0 Å². The first kappa shape index (κ1) is 18.1. The van der Waals surface area contributed by atoms with E-state index in [1.807, 2.05) is 18.2 Å². The highest BCUT2D eigenvalue weighted by Gasteiger charge is 2.24. The van der Waals surface area contributed by atoms with Crippen LogP contribution < -0.4 is 10.6 Å². The smallest absolute Gasteiger partial charge is 0.217 e.